The summed E-state index contributed by atoms with van der Waals surface area (Å²) in [6.45, 7) is 2.06. The summed E-state index contributed by atoms with van der Waals surface area (Å²) in [5.74, 6) is 0.543. The van der Waals surface area contributed by atoms with Crippen molar-refractivity contribution in [2.75, 3.05) is 13.1 Å². The van der Waals surface area contributed by atoms with E-state index in [1.165, 1.54) is 0 Å². The average molecular weight is 205 g/mol. The minimum atomic E-state index is 0.210. The van der Waals surface area contributed by atoms with E-state index in [0.29, 0.717) is 25.4 Å². The predicted molar refractivity (Wildman–Crippen MR) is 56.8 cm³/mol. The Balaban J connectivity index is 1.99. The molecule has 4 heteroatoms. The maximum absolute atomic E-state index is 11.6. The van der Waals surface area contributed by atoms with Gasteiger partial charge in [-0.1, -0.05) is 0 Å². The lowest BCUT2D eigenvalue weighted by Crippen LogP contribution is -2.25. The van der Waals surface area contributed by atoms with E-state index in [2.05, 4.69) is 4.98 Å². The number of likely N-dealkylation sites (tertiary alicyclic amines) is 1. The van der Waals surface area contributed by atoms with Crippen LogP contribution in [0.3, 0.4) is 0 Å². The Labute approximate surface area is 89.1 Å². The first-order chi connectivity index (χ1) is 7.29. The van der Waals surface area contributed by atoms with E-state index in [4.69, 9.17) is 5.73 Å². The van der Waals surface area contributed by atoms with E-state index in [1.54, 1.807) is 12.4 Å². The van der Waals surface area contributed by atoms with Crippen LogP contribution in [-0.2, 0) is 11.3 Å². The lowest BCUT2D eigenvalue weighted by molar-refractivity contribution is -0.128. The summed E-state index contributed by atoms with van der Waals surface area (Å²) in [6.07, 6.45) is 4.09. The van der Waals surface area contributed by atoms with Crippen LogP contribution in [0.4, 0.5) is 0 Å². The van der Waals surface area contributed by atoms with Gasteiger partial charge in [-0.2, -0.15) is 0 Å². The van der Waals surface area contributed by atoms with Gasteiger partial charge in [0.15, 0.2) is 0 Å². The highest BCUT2D eigenvalue weighted by molar-refractivity contribution is 5.78. The molecule has 4 nitrogen and oxygen atoms in total. The van der Waals surface area contributed by atoms with Crippen LogP contribution in [0, 0.1) is 5.92 Å². The third-order valence-electron chi connectivity index (χ3n) is 2.75. The molecule has 1 aliphatic rings. The molecule has 1 unspecified atom stereocenters. The summed E-state index contributed by atoms with van der Waals surface area (Å²) < 4.78 is 0. The Morgan fingerprint density at radius 3 is 2.80 bits per heavy atom. The second-order valence-corrected chi connectivity index (χ2v) is 3.94. The molecule has 2 heterocycles. The summed E-state index contributed by atoms with van der Waals surface area (Å²) in [5, 5.41) is 0. The van der Waals surface area contributed by atoms with E-state index in [0.717, 1.165) is 12.1 Å². The van der Waals surface area contributed by atoms with Crippen LogP contribution in [0.5, 0.6) is 0 Å². The third-order valence-corrected chi connectivity index (χ3v) is 2.75. The minimum absolute atomic E-state index is 0.210. The highest BCUT2D eigenvalue weighted by atomic mass is 16.2. The van der Waals surface area contributed by atoms with Crippen molar-refractivity contribution in [1.82, 2.24) is 9.88 Å². The predicted octanol–water partition coefficient (Wildman–Crippen LogP) is 0.389. The number of aromatic nitrogens is 1. The second-order valence-electron chi connectivity index (χ2n) is 3.94. The first-order valence-electron chi connectivity index (χ1n) is 5.16. The van der Waals surface area contributed by atoms with Gasteiger partial charge in [0, 0.05) is 31.9 Å². The summed E-state index contributed by atoms with van der Waals surface area (Å²) in [4.78, 5) is 17.4. The van der Waals surface area contributed by atoms with Crippen LogP contribution >= 0.6 is 0 Å². The van der Waals surface area contributed by atoms with Gasteiger partial charge in [0.25, 0.3) is 0 Å². The molecule has 1 amide bonds. The highest BCUT2D eigenvalue weighted by Crippen LogP contribution is 2.18. The molecule has 0 aliphatic carbocycles. The molecular formula is C11H15N3O. The standard InChI is InChI=1S/C11H15N3O/c12-6-10-5-11(15)14(8-10)7-9-1-3-13-4-2-9/h1-4,10H,5-8,12H2. The fraction of sp³-hybridized carbons (Fsp3) is 0.455. The van der Waals surface area contributed by atoms with E-state index in [1.807, 2.05) is 17.0 Å². The number of amides is 1. The number of hydrogen-bond acceptors (Lipinski definition) is 3. The van der Waals surface area contributed by atoms with Gasteiger partial charge in [-0.3, -0.25) is 9.78 Å². The zero-order chi connectivity index (χ0) is 10.7. The zero-order valence-electron chi connectivity index (χ0n) is 8.60. The van der Waals surface area contributed by atoms with Gasteiger partial charge >= 0.3 is 0 Å². The maximum atomic E-state index is 11.6. The summed E-state index contributed by atoms with van der Waals surface area (Å²) >= 11 is 0. The average Bonchev–Trinajstić information content (AvgIpc) is 2.61. The molecule has 0 radical (unpaired) electrons. The van der Waals surface area contributed by atoms with E-state index in [-0.39, 0.29) is 5.91 Å². The molecule has 1 aromatic heterocycles. The van der Waals surface area contributed by atoms with Gasteiger partial charge in [-0.25, -0.2) is 0 Å². The van der Waals surface area contributed by atoms with Gasteiger partial charge < -0.3 is 10.6 Å². The Morgan fingerprint density at radius 1 is 1.47 bits per heavy atom. The van der Waals surface area contributed by atoms with E-state index >= 15 is 0 Å². The van der Waals surface area contributed by atoms with Crippen LogP contribution in [-0.4, -0.2) is 28.9 Å². The van der Waals surface area contributed by atoms with Crippen LogP contribution in [0.1, 0.15) is 12.0 Å². The van der Waals surface area contributed by atoms with Crippen LogP contribution in [0.15, 0.2) is 24.5 Å². The SMILES string of the molecule is NCC1CC(=O)N(Cc2ccncc2)C1. The first-order valence-corrected chi connectivity index (χ1v) is 5.16. The Morgan fingerprint density at radius 2 is 2.20 bits per heavy atom. The van der Waals surface area contributed by atoms with Crippen LogP contribution < -0.4 is 5.73 Å². The minimum Gasteiger partial charge on any atom is -0.338 e. The van der Waals surface area contributed by atoms with Gasteiger partial charge in [0.05, 0.1) is 0 Å². The largest absolute Gasteiger partial charge is 0.338 e. The fourth-order valence-electron chi connectivity index (χ4n) is 1.87. The van der Waals surface area contributed by atoms with Crippen LogP contribution in [0.2, 0.25) is 0 Å². The van der Waals surface area contributed by atoms with E-state index in [9.17, 15) is 4.79 Å². The van der Waals surface area contributed by atoms with Crippen molar-refractivity contribution >= 4 is 5.91 Å². The number of rotatable bonds is 3. The van der Waals surface area contributed by atoms with Crippen molar-refractivity contribution in [2.24, 2.45) is 11.7 Å². The molecule has 80 valence electrons. The molecule has 2 N–H and O–H groups in total. The van der Waals surface area contributed by atoms with Crippen molar-refractivity contribution < 1.29 is 4.79 Å². The molecule has 1 atom stereocenters. The smallest absolute Gasteiger partial charge is 0.223 e. The number of nitrogens with zero attached hydrogens (tertiary/aromatic N) is 2. The summed E-state index contributed by atoms with van der Waals surface area (Å²) in [7, 11) is 0. The van der Waals surface area contributed by atoms with Gasteiger partial charge in [-0.05, 0) is 30.2 Å². The molecule has 1 aromatic rings. The first kappa shape index (κ1) is 10.1. The molecule has 0 saturated carbocycles. The number of hydrogen-bond donors (Lipinski definition) is 1. The van der Waals surface area contributed by atoms with E-state index < -0.39 is 0 Å². The molecule has 1 fully saturated rings. The number of pyridine rings is 1. The molecule has 0 spiro atoms. The number of carbonyl (C=O) groups excluding carboxylic acids is 1. The van der Waals surface area contributed by atoms with Crippen molar-refractivity contribution in [3.63, 3.8) is 0 Å². The van der Waals surface area contributed by atoms with Gasteiger partial charge in [0.2, 0.25) is 5.91 Å². The lowest BCUT2D eigenvalue weighted by atomic mass is 10.1. The van der Waals surface area contributed by atoms with Crippen molar-refractivity contribution in [1.29, 1.82) is 0 Å². The molecule has 0 bridgehead atoms. The van der Waals surface area contributed by atoms with Crippen molar-refractivity contribution in [3.05, 3.63) is 30.1 Å². The molecule has 1 saturated heterocycles. The third kappa shape index (κ3) is 2.33. The lowest BCUT2D eigenvalue weighted by Gasteiger charge is -2.16. The Kier molecular flexibility index (Phi) is 2.97. The summed E-state index contributed by atoms with van der Waals surface area (Å²) in [5.41, 5.74) is 6.68. The van der Waals surface area contributed by atoms with Crippen molar-refractivity contribution in [2.45, 2.75) is 13.0 Å². The maximum Gasteiger partial charge on any atom is 0.223 e. The van der Waals surface area contributed by atoms with Crippen LogP contribution in [0.25, 0.3) is 0 Å². The number of carbonyl (C=O) groups is 1. The molecule has 1 aliphatic heterocycles. The van der Waals surface area contributed by atoms with Gasteiger partial charge in [0.1, 0.15) is 0 Å². The Bertz CT molecular complexity index is 339. The van der Waals surface area contributed by atoms with Gasteiger partial charge in [-0.15, -0.1) is 0 Å². The monoisotopic (exact) mass is 205 g/mol. The molecular weight excluding hydrogens is 190 g/mol. The normalized spacial score (nSPS) is 21.0. The Hall–Kier alpha value is -1.42. The fourth-order valence-corrected chi connectivity index (χ4v) is 1.87. The molecule has 2 rings (SSSR count). The topological polar surface area (TPSA) is 59.2 Å². The highest BCUT2D eigenvalue weighted by Gasteiger charge is 2.28. The molecule has 0 aromatic carbocycles. The second kappa shape index (κ2) is 4.40. The summed E-state index contributed by atoms with van der Waals surface area (Å²) in [6, 6.07) is 3.87. The quantitative estimate of drug-likeness (QED) is 0.776. The zero-order valence-corrected chi connectivity index (χ0v) is 8.60. The molecule has 15 heavy (non-hydrogen) atoms. The van der Waals surface area contributed by atoms with Crippen molar-refractivity contribution in [3.8, 4) is 0 Å². The number of nitrogens with two attached hydrogens (primary N) is 1.